The highest BCUT2D eigenvalue weighted by Gasteiger charge is 2.35. The molecule has 0 amide bonds. The van der Waals surface area contributed by atoms with Crippen molar-refractivity contribution in [3.05, 3.63) is 28.8 Å². The van der Waals surface area contributed by atoms with E-state index >= 15 is 0 Å². The Balaban J connectivity index is 2.09. The van der Waals surface area contributed by atoms with Gasteiger partial charge in [-0.2, -0.15) is 0 Å². The Morgan fingerprint density at radius 2 is 2.25 bits per heavy atom. The SMILES string of the molecule is COc1cc(C)c2c(c1)[C@@H]1CNC[C@@H]1OC2. The summed E-state index contributed by atoms with van der Waals surface area (Å²) >= 11 is 0. The summed E-state index contributed by atoms with van der Waals surface area (Å²) in [6.45, 7) is 4.87. The Bertz CT molecular complexity index is 417. The number of ether oxygens (including phenoxy) is 2. The molecule has 2 heterocycles. The quantitative estimate of drug-likeness (QED) is 0.778. The van der Waals surface area contributed by atoms with Crippen molar-refractivity contribution in [3.63, 3.8) is 0 Å². The van der Waals surface area contributed by atoms with Gasteiger partial charge >= 0.3 is 0 Å². The lowest BCUT2D eigenvalue weighted by molar-refractivity contribution is 0.0295. The largest absolute Gasteiger partial charge is 0.497 e. The van der Waals surface area contributed by atoms with Crippen LogP contribution in [0.25, 0.3) is 0 Å². The van der Waals surface area contributed by atoms with Crippen molar-refractivity contribution in [2.45, 2.75) is 25.6 Å². The number of methoxy groups -OCH3 is 1. The average molecular weight is 219 g/mol. The minimum absolute atomic E-state index is 0.346. The summed E-state index contributed by atoms with van der Waals surface area (Å²) in [6, 6.07) is 4.26. The lowest BCUT2D eigenvalue weighted by atomic mass is 9.87. The maximum Gasteiger partial charge on any atom is 0.119 e. The van der Waals surface area contributed by atoms with Gasteiger partial charge in [-0.3, -0.25) is 0 Å². The molecule has 3 nitrogen and oxygen atoms in total. The van der Waals surface area contributed by atoms with Crippen LogP contribution in [0.2, 0.25) is 0 Å². The first-order valence-corrected chi connectivity index (χ1v) is 5.79. The van der Waals surface area contributed by atoms with Crippen molar-refractivity contribution >= 4 is 0 Å². The van der Waals surface area contributed by atoms with Crippen LogP contribution in [0.3, 0.4) is 0 Å². The molecule has 3 heteroatoms. The van der Waals surface area contributed by atoms with Gasteiger partial charge in [0.25, 0.3) is 0 Å². The molecule has 3 rings (SSSR count). The second-order valence-corrected chi connectivity index (χ2v) is 4.63. The molecule has 2 atom stereocenters. The first kappa shape index (κ1) is 10.1. The van der Waals surface area contributed by atoms with E-state index in [4.69, 9.17) is 9.47 Å². The fourth-order valence-corrected chi connectivity index (χ4v) is 2.79. The molecule has 0 radical (unpaired) electrons. The number of hydrogen-bond donors (Lipinski definition) is 1. The highest BCUT2D eigenvalue weighted by atomic mass is 16.5. The van der Waals surface area contributed by atoms with E-state index < -0.39 is 0 Å². The zero-order valence-corrected chi connectivity index (χ0v) is 9.75. The molecule has 16 heavy (non-hydrogen) atoms. The molecule has 1 aromatic rings. The van der Waals surface area contributed by atoms with Crippen LogP contribution in [0.15, 0.2) is 12.1 Å². The molecule has 2 aliphatic heterocycles. The van der Waals surface area contributed by atoms with Crippen LogP contribution in [0.4, 0.5) is 0 Å². The van der Waals surface area contributed by atoms with Crippen molar-refractivity contribution in [1.29, 1.82) is 0 Å². The van der Waals surface area contributed by atoms with E-state index in [1.54, 1.807) is 7.11 Å². The van der Waals surface area contributed by atoms with Crippen LogP contribution in [0.1, 0.15) is 22.6 Å². The molecule has 1 N–H and O–H groups in total. The van der Waals surface area contributed by atoms with Crippen LogP contribution in [-0.2, 0) is 11.3 Å². The minimum atomic E-state index is 0.346. The summed E-state index contributed by atoms with van der Waals surface area (Å²) in [4.78, 5) is 0. The molecule has 2 aliphatic rings. The van der Waals surface area contributed by atoms with Crippen molar-refractivity contribution in [1.82, 2.24) is 5.32 Å². The van der Waals surface area contributed by atoms with E-state index in [1.807, 2.05) is 0 Å². The lowest BCUT2D eigenvalue weighted by Crippen LogP contribution is -2.27. The third-order valence-electron chi connectivity index (χ3n) is 3.72. The molecule has 1 aromatic carbocycles. The topological polar surface area (TPSA) is 30.5 Å². The van der Waals surface area contributed by atoms with Gasteiger partial charge in [-0.15, -0.1) is 0 Å². The standard InChI is InChI=1S/C13H17NO2/c1-8-3-9(15-2)4-10-11-5-14-6-13(11)16-7-12(8)10/h3-4,11,13-14H,5-7H2,1-2H3/t11-,13-/m0/s1. The first-order valence-electron chi connectivity index (χ1n) is 5.79. The average Bonchev–Trinajstić information content (AvgIpc) is 2.77. The Kier molecular flexibility index (Phi) is 2.37. The summed E-state index contributed by atoms with van der Waals surface area (Å²) in [7, 11) is 1.73. The predicted octanol–water partition coefficient (Wildman–Crippen LogP) is 1.59. The van der Waals surface area contributed by atoms with E-state index in [-0.39, 0.29) is 0 Å². The molecule has 1 fully saturated rings. The fraction of sp³-hybridized carbons (Fsp3) is 0.538. The van der Waals surface area contributed by atoms with Gasteiger partial charge in [-0.25, -0.2) is 0 Å². The zero-order valence-electron chi connectivity index (χ0n) is 9.75. The molecular weight excluding hydrogens is 202 g/mol. The number of nitrogens with one attached hydrogen (secondary N) is 1. The fourth-order valence-electron chi connectivity index (χ4n) is 2.79. The first-order chi connectivity index (χ1) is 7.79. The minimum Gasteiger partial charge on any atom is -0.497 e. The molecule has 86 valence electrons. The van der Waals surface area contributed by atoms with E-state index in [2.05, 4.69) is 24.4 Å². The summed E-state index contributed by atoms with van der Waals surface area (Å²) in [5.74, 6) is 1.46. The highest BCUT2D eigenvalue weighted by Crippen LogP contribution is 2.37. The molecule has 0 unspecified atom stereocenters. The van der Waals surface area contributed by atoms with Crippen LogP contribution in [-0.4, -0.2) is 26.3 Å². The summed E-state index contributed by atoms with van der Waals surface area (Å²) < 4.78 is 11.2. The van der Waals surface area contributed by atoms with Gasteiger partial charge in [0.05, 0.1) is 19.8 Å². The smallest absolute Gasteiger partial charge is 0.119 e. The summed E-state index contributed by atoms with van der Waals surface area (Å²) in [5, 5.41) is 3.40. The maximum absolute atomic E-state index is 5.88. The monoisotopic (exact) mass is 219 g/mol. The van der Waals surface area contributed by atoms with Gasteiger partial charge in [0.15, 0.2) is 0 Å². The Morgan fingerprint density at radius 1 is 1.38 bits per heavy atom. The Morgan fingerprint density at radius 3 is 3.06 bits per heavy atom. The van der Waals surface area contributed by atoms with Gasteiger partial charge in [0.1, 0.15) is 5.75 Å². The van der Waals surface area contributed by atoms with Gasteiger partial charge in [0.2, 0.25) is 0 Å². The molecular formula is C13H17NO2. The third-order valence-corrected chi connectivity index (χ3v) is 3.72. The number of rotatable bonds is 1. The van der Waals surface area contributed by atoms with Crippen LogP contribution in [0, 0.1) is 6.92 Å². The maximum atomic E-state index is 5.88. The lowest BCUT2D eigenvalue weighted by Gasteiger charge is -2.29. The molecule has 1 saturated heterocycles. The van der Waals surface area contributed by atoms with Crippen molar-refractivity contribution in [2.24, 2.45) is 0 Å². The van der Waals surface area contributed by atoms with Crippen LogP contribution < -0.4 is 10.1 Å². The Hall–Kier alpha value is -1.06. The van der Waals surface area contributed by atoms with Crippen LogP contribution >= 0.6 is 0 Å². The summed E-state index contributed by atoms with van der Waals surface area (Å²) in [6.07, 6.45) is 0.346. The van der Waals surface area contributed by atoms with Crippen molar-refractivity contribution < 1.29 is 9.47 Å². The zero-order chi connectivity index (χ0) is 11.1. The molecule has 0 saturated carbocycles. The molecule has 0 bridgehead atoms. The van der Waals surface area contributed by atoms with Gasteiger partial charge in [0, 0.05) is 19.0 Å². The van der Waals surface area contributed by atoms with E-state index in [9.17, 15) is 0 Å². The second-order valence-electron chi connectivity index (χ2n) is 4.63. The van der Waals surface area contributed by atoms with Crippen molar-refractivity contribution in [3.8, 4) is 5.75 Å². The Labute approximate surface area is 95.8 Å². The third kappa shape index (κ3) is 1.43. The second kappa shape index (κ2) is 3.75. The molecule has 0 aliphatic carbocycles. The molecule has 0 spiro atoms. The van der Waals surface area contributed by atoms with Gasteiger partial charge in [-0.05, 0) is 35.7 Å². The van der Waals surface area contributed by atoms with E-state index in [0.29, 0.717) is 12.0 Å². The normalized spacial score (nSPS) is 27.4. The number of benzene rings is 1. The van der Waals surface area contributed by atoms with Gasteiger partial charge in [-0.1, -0.05) is 0 Å². The number of fused-ring (bicyclic) bond motifs is 3. The highest BCUT2D eigenvalue weighted by molar-refractivity contribution is 5.45. The number of aryl methyl sites for hydroxylation is 1. The summed E-state index contributed by atoms with van der Waals surface area (Å²) in [5.41, 5.74) is 4.04. The predicted molar refractivity (Wildman–Crippen MR) is 61.9 cm³/mol. The number of hydrogen-bond acceptors (Lipinski definition) is 3. The van der Waals surface area contributed by atoms with Gasteiger partial charge < -0.3 is 14.8 Å². The molecule has 0 aromatic heterocycles. The van der Waals surface area contributed by atoms with Crippen molar-refractivity contribution in [2.75, 3.05) is 20.2 Å². The van der Waals surface area contributed by atoms with Crippen LogP contribution in [0.5, 0.6) is 5.75 Å². The van der Waals surface area contributed by atoms with E-state index in [1.165, 1.54) is 16.7 Å². The van der Waals surface area contributed by atoms with E-state index in [0.717, 1.165) is 25.4 Å².